The van der Waals surface area contributed by atoms with Crippen LogP contribution in [0.15, 0.2) is 39.9 Å². The summed E-state index contributed by atoms with van der Waals surface area (Å²) in [6, 6.07) is 11.2. The molecule has 12 nitrogen and oxygen atoms in total. The lowest BCUT2D eigenvalue weighted by Crippen LogP contribution is -2.27. The molecule has 2 aromatic carbocycles. The molecule has 3 heterocycles. The second kappa shape index (κ2) is 21.7. The van der Waals surface area contributed by atoms with Gasteiger partial charge < -0.3 is 28.4 Å². The Morgan fingerprint density at radius 1 is 0.915 bits per heavy atom. The van der Waals surface area contributed by atoms with Crippen molar-refractivity contribution in [2.75, 3.05) is 39.8 Å². The summed E-state index contributed by atoms with van der Waals surface area (Å²) in [7, 11) is -2.74. The van der Waals surface area contributed by atoms with E-state index in [1.54, 1.807) is 20.7 Å². The molecule has 0 spiro atoms. The molecule has 1 atom stereocenters. The van der Waals surface area contributed by atoms with E-state index in [1.165, 1.54) is 11.5 Å². The summed E-state index contributed by atoms with van der Waals surface area (Å²) in [5.74, 6) is -0.409. The van der Waals surface area contributed by atoms with Gasteiger partial charge in [-0.15, -0.1) is 0 Å². The van der Waals surface area contributed by atoms with Gasteiger partial charge in [0, 0.05) is 48.1 Å². The molecule has 0 aliphatic carbocycles. The van der Waals surface area contributed by atoms with Crippen molar-refractivity contribution in [2.24, 2.45) is 0 Å². The van der Waals surface area contributed by atoms with E-state index in [0.29, 0.717) is 91.1 Å². The fourth-order valence-corrected chi connectivity index (χ4v) is 9.22. The number of fused-ring (bicyclic) bond motifs is 2. The quantitative estimate of drug-likeness (QED) is 0.0247. The minimum Gasteiger partial charge on any atom is -0.465 e. The number of aryl methyl sites for hydroxylation is 1. The van der Waals surface area contributed by atoms with E-state index in [9.17, 15) is 14.4 Å². The van der Waals surface area contributed by atoms with Gasteiger partial charge in [-0.05, 0) is 74.7 Å². The highest BCUT2D eigenvalue weighted by atomic mass is 35.6. The highest BCUT2D eigenvalue weighted by Crippen LogP contribution is 2.34. The largest absolute Gasteiger partial charge is 0.465 e. The van der Waals surface area contributed by atoms with Crippen LogP contribution in [0.4, 0.5) is 0 Å². The number of halogens is 3. The van der Waals surface area contributed by atoms with Crippen LogP contribution in [0.1, 0.15) is 44.1 Å². The van der Waals surface area contributed by atoms with Crippen LogP contribution >= 0.6 is 46.3 Å². The van der Waals surface area contributed by atoms with Crippen molar-refractivity contribution in [1.29, 1.82) is 0 Å². The number of carbonyl (C=O) groups excluding carboxylic acids is 1. The Bertz CT molecular complexity index is 2140. The number of unbranched alkanes of at least 4 members (excludes halogenated alkanes) is 2. The van der Waals surface area contributed by atoms with E-state index in [2.05, 4.69) is 39.3 Å². The van der Waals surface area contributed by atoms with E-state index in [0.717, 1.165) is 36.9 Å². The lowest BCUT2D eigenvalue weighted by atomic mass is 10.1. The summed E-state index contributed by atoms with van der Waals surface area (Å²) in [5.41, 5.74) is 2.17. The number of ether oxygens (including phenoxy) is 6. The molecule has 5 rings (SSSR count). The van der Waals surface area contributed by atoms with Crippen molar-refractivity contribution in [3.63, 3.8) is 0 Å². The van der Waals surface area contributed by atoms with Gasteiger partial charge in [0.25, 0.3) is 14.9 Å². The van der Waals surface area contributed by atoms with Gasteiger partial charge >= 0.3 is 5.97 Å². The number of hydrogen-bond acceptors (Lipinski definition) is 11. The molecule has 1 fully saturated rings. The Balaban J connectivity index is 1.51. The number of carbonyl (C=O) groups is 1. The Morgan fingerprint density at radius 2 is 1.66 bits per heavy atom. The zero-order chi connectivity index (χ0) is 42.8. The molecule has 2 aromatic heterocycles. The van der Waals surface area contributed by atoms with E-state index in [1.807, 2.05) is 18.2 Å². The van der Waals surface area contributed by atoms with Gasteiger partial charge in [-0.1, -0.05) is 104 Å². The molecule has 0 bridgehead atoms. The first-order chi connectivity index (χ1) is 27.9. The predicted octanol–water partition coefficient (Wildman–Crippen LogP) is 9.61. The average molecular weight is 932 g/mol. The van der Waals surface area contributed by atoms with E-state index >= 15 is 0 Å². The molecule has 0 saturated carbocycles. The van der Waals surface area contributed by atoms with Crippen molar-refractivity contribution in [3.05, 3.63) is 56.6 Å². The normalized spacial score (nSPS) is 15.3. The van der Waals surface area contributed by atoms with Crippen LogP contribution in [0.2, 0.25) is 51.4 Å². The molecule has 0 amide bonds. The predicted molar refractivity (Wildman–Crippen MR) is 243 cm³/mol. The first-order valence-corrected chi connectivity index (χ1v) is 29.7. The summed E-state index contributed by atoms with van der Waals surface area (Å²) in [4.78, 5) is 45.1. The second-order valence-corrected chi connectivity index (χ2v) is 31.8. The maximum absolute atomic E-state index is 14.6. The first-order valence-electron chi connectivity index (χ1n) is 20.4. The average Bonchev–Trinajstić information content (AvgIpc) is 3.49. The number of alkyl halides is 3. The SMILES string of the molecule is C[Si](C)(C)CCOCOc1c(CCOC2CCCCO2)ccc2c1nc(-c1cccc3c(=O)n(CCCCCOC(=O)C(Cl)(Cl)Cl)sc13)c(=O)n2COCC[Si](C)(C)C. The number of hydrogen-bond donors (Lipinski definition) is 0. The fraction of sp³-hybridized carbons (Fsp3) is 0.610. The zero-order valence-corrected chi connectivity index (χ0v) is 40.1. The van der Waals surface area contributed by atoms with Gasteiger partial charge in [0.1, 0.15) is 17.9 Å². The number of benzene rings is 2. The van der Waals surface area contributed by atoms with Crippen molar-refractivity contribution >= 4 is 89.6 Å². The van der Waals surface area contributed by atoms with Crippen LogP contribution < -0.4 is 15.9 Å². The maximum atomic E-state index is 14.6. The van der Waals surface area contributed by atoms with Crippen molar-refractivity contribution in [1.82, 2.24) is 13.5 Å². The van der Waals surface area contributed by atoms with Gasteiger partial charge in [0.15, 0.2) is 18.8 Å². The number of nitrogens with zero attached hydrogens (tertiary/aromatic N) is 3. The highest BCUT2D eigenvalue weighted by molar-refractivity contribution is 7.14. The minimum absolute atomic E-state index is 0.0153. The standard InChI is InChI=1S/C41H58Cl3N3O9SSi2/c1-58(2,3)25-23-51-27-46-32-17-16-29(18-22-54-33-15-8-11-20-53-33)36(56-28-52-24-26-59(4,5)6)35(32)45-34(39(46)49)30-13-12-14-31-37(30)57-47(38(31)48)19-9-7-10-21-55-40(50)41(42,43)44/h12-14,16-17,33H,7-11,15,18-28H2,1-6H3. The lowest BCUT2D eigenvalue weighted by Gasteiger charge is -2.23. The van der Waals surface area contributed by atoms with E-state index in [-0.39, 0.29) is 43.2 Å². The summed E-state index contributed by atoms with van der Waals surface area (Å²) in [6.45, 7) is 16.5. The smallest absolute Gasteiger partial charge is 0.358 e. The van der Waals surface area contributed by atoms with Crippen molar-refractivity contribution < 1.29 is 33.2 Å². The van der Waals surface area contributed by atoms with Gasteiger partial charge in [0.2, 0.25) is 0 Å². The third-order valence-corrected chi connectivity index (χ3v) is 14.9. The molecule has 1 aliphatic rings. The molecule has 326 valence electrons. The first kappa shape index (κ1) is 47.7. The van der Waals surface area contributed by atoms with Crippen LogP contribution in [0.3, 0.4) is 0 Å². The second-order valence-electron chi connectivity index (χ2n) is 17.2. The Hall–Kier alpha value is -2.32. The summed E-state index contributed by atoms with van der Waals surface area (Å²) >= 11 is 18.0. The van der Waals surface area contributed by atoms with Crippen molar-refractivity contribution in [3.8, 4) is 17.0 Å². The van der Waals surface area contributed by atoms with Crippen LogP contribution in [-0.2, 0) is 48.2 Å². The van der Waals surface area contributed by atoms with E-state index < -0.39 is 25.9 Å². The molecular weight excluding hydrogens is 873 g/mol. The molecule has 0 radical (unpaired) electrons. The third-order valence-electron chi connectivity index (χ3n) is 9.87. The summed E-state index contributed by atoms with van der Waals surface area (Å²) in [6.07, 6.45) is 5.10. The zero-order valence-electron chi connectivity index (χ0n) is 35.0. The Morgan fingerprint density at radius 3 is 2.36 bits per heavy atom. The molecule has 1 saturated heterocycles. The molecule has 18 heteroatoms. The number of aromatic nitrogens is 3. The van der Waals surface area contributed by atoms with Crippen molar-refractivity contribution in [2.45, 2.75) is 120 Å². The Labute approximate surface area is 367 Å². The monoisotopic (exact) mass is 929 g/mol. The summed E-state index contributed by atoms with van der Waals surface area (Å²) in [5, 5.41) is 0.492. The van der Waals surface area contributed by atoms with Crippen LogP contribution in [0.5, 0.6) is 5.75 Å². The number of rotatable bonds is 22. The van der Waals surface area contributed by atoms with Gasteiger partial charge in [-0.25, -0.2) is 9.78 Å². The van der Waals surface area contributed by atoms with Gasteiger partial charge in [-0.3, -0.25) is 18.1 Å². The van der Waals surface area contributed by atoms with E-state index in [4.69, 9.17) is 68.2 Å². The molecule has 0 N–H and O–H groups in total. The van der Waals surface area contributed by atoms with Crippen LogP contribution in [-0.4, -0.2) is 85.5 Å². The maximum Gasteiger partial charge on any atom is 0.358 e. The third kappa shape index (κ3) is 14.1. The van der Waals surface area contributed by atoms with Crippen LogP contribution in [0.25, 0.3) is 32.4 Å². The molecule has 1 aliphatic heterocycles. The lowest BCUT2D eigenvalue weighted by molar-refractivity contribution is -0.161. The van der Waals surface area contributed by atoms with Crippen LogP contribution in [0, 0.1) is 0 Å². The molecule has 4 aromatic rings. The fourth-order valence-electron chi connectivity index (χ4n) is 6.41. The minimum atomic E-state index is -2.12. The van der Waals surface area contributed by atoms with Gasteiger partial charge in [-0.2, -0.15) is 0 Å². The van der Waals surface area contributed by atoms with Gasteiger partial charge in [0.05, 0.1) is 28.8 Å². The Kier molecular flexibility index (Phi) is 17.5. The molecule has 59 heavy (non-hydrogen) atoms. The molecular formula is C41H58Cl3N3O9SSi2. The molecule has 1 unspecified atom stereocenters. The number of esters is 1. The highest BCUT2D eigenvalue weighted by Gasteiger charge is 2.32. The topological polar surface area (TPSA) is 129 Å². The summed E-state index contributed by atoms with van der Waals surface area (Å²) < 4.78 is 37.5.